The van der Waals surface area contributed by atoms with Gasteiger partial charge in [-0.2, -0.15) is 0 Å². The third-order valence-electron chi connectivity index (χ3n) is 5.10. The predicted octanol–water partition coefficient (Wildman–Crippen LogP) is 2.16. The van der Waals surface area contributed by atoms with E-state index >= 15 is 0 Å². The van der Waals surface area contributed by atoms with Crippen LogP contribution in [0.15, 0.2) is 45.6 Å². The monoisotopic (exact) mass is 396 g/mol. The van der Waals surface area contributed by atoms with Gasteiger partial charge in [-0.1, -0.05) is 0 Å². The van der Waals surface area contributed by atoms with E-state index in [-0.39, 0.29) is 28.2 Å². The summed E-state index contributed by atoms with van der Waals surface area (Å²) in [6.07, 6.45) is 0.867. The molecule has 0 spiro atoms. The molecule has 0 aliphatic carbocycles. The van der Waals surface area contributed by atoms with Gasteiger partial charge in [-0.15, -0.1) is 0 Å². The van der Waals surface area contributed by atoms with Crippen molar-refractivity contribution in [2.45, 2.75) is 0 Å². The van der Waals surface area contributed by atoms with Crippen molar-refractivity contribution in [3.8, 4) is 28.6 Å². The third-order valence-corrected chi connectivity index (χ3v) is 5.10. The first-order valence-electron chi connectivity index (χ1n) is 9.13. The fourth-order valence-electron chi connectivity index (χ4n) is 3.54. The number of hydrogen-bond donors (Lipinski definition) is 2. The second kappa shape index (κ2) is 7.38. The van der Waals surface area contributed by atoms with Crippen molar-refractivity contribution in [2.24, 2.45) is 0 Å². The summed E-state index contributed by atoms with van der Waals surface area (Å²) >= 11 is 0. The number of piperazine rings is 1. The highest BCUT2D eigenvalue weighted by Crippen LogP contribution is 2.40. The molecule has 1 aliphatic rings. The van der Waals surface area contributed by atoms with E-state index in [0.29, 0.717) is 24.4 Å². The zero-order valence-corrected chi connectivity index (χ0v) is 15.8. The summed E-state index contributed by atoms with van der Waals surface area (Å²) in [6.45, 7) is 2.85. The van der Waals surface area contributed by atoms with E-state index in [1.54, 1.807) is 4.90 Å². The van der Waals surface area contributed by atoms with Gasteiger partial charge >= 0.3 is 0 Å². The van der Waals surface area contributed by atoms with Crippen molar-refractivity contribution in [1.29, 1.82) is 0 Å². The Bertz CT molecular complexity index is 1110. The number of anilines is 1. The zero-order chi connectivity index (χ0) is 20.5. The first-order chi connectivity index (χ1) is 14.0. The number of carbonyl (C=O) groups is 1. The molecule has 0 saturated carbocycles. The van der Waals surface area contributed by atoms with Gasteiger partial charge in [0.05, 0.1) is 7.11 Å². The van der Waals surface area contributed by atoms with Crippen LogP contribution in [0.5, 0.6) is 17.2 Å². The molecule has 0 bridgehead atoms. The SMILES string of the molecule is COc1c(O)cc(O)c2c(=O)cc(-c3ccc(N4CCN(C=O)CC4)cc3)oc12. The number of phenols is 2. The van der Waals surface area contributed by atoms with Gasteiger partial charge in [0, 0.05) is 49.6 Å². The molecule has 8 heteroatoms. The average Bonchev–Trinajstić information content (AvgIpc) is 2.73. The van der Waals surface area contributed by atoms with Crippen LogP contribution in [-0.4, -0.2) is 54.8 Å². The lowest BCUT2D eigenvalue weighted by atomic mass is 10.1. The van der Waals surface area contributed by atoms with Gasteiger partial charge in [0.15, 0.2) is 16.8 Å². The Kier molecular flexibility index (Phi) is 4.75. The summed E-state index contributed by atoms with van der Waals surface area (Å²) in [5.74, 6) is -0.407. The van der Waals surface area contributed by atoms with Crippen molar-refractivity contribution in [1.82, 2.24) is 4.90 Å². The number of benzene rings is 2. The highest BCUT2D eigenvalue weighted by atomic mass is 16.5. The van der Waals surface area contributed by atoms with Crippen LogP contribution in [0.2, 0.25) is 0 Å². The van der Waals surface area contributed by atoms with E-state index in [1.165, 1.54) is 13.2 Å². The normalized spacial score (nSPS) is 14.2. The lowest BCUT2D eigenvalue weighted by molar-refractivity contribution is -0.118. The predicted molar refractivity (Wildman–Crippen MR) is 108 cm³/mol. The first kappa shape index (κ1) is 18.7. The fraction of sp³-hybridized carbons (Fsp3) is 0.238. The minimum absolute atomic E-state index is 0.0124. The quantitative estimate of drug-likeness (QED) is 0.652. The summed E-state index contributed by atoms with van der Waals surface area (Å²) in [4.78, 5) is 27.3. The van der Waals surface area contributed by atoms with Gasteiger partial charge in [-0.05, 0) is 24.3 Å². The molecule has 2 aromatic carbocycles. The number of fused-ring (bicyclic) bond motifs is 1. The molecular formula is C21H20N2O6. The van der Waals surface area contributed by atoms with Gasteiger partial charge in [0.1, 0.15) is 16.9 Å². The molecule has 3 aromatic rings. The topological polar surface area (TPSA) is 103 Å². The van der Waals surface area contributed by atoms with Crippen molar-refractivity contribution in [2.75, 3.05) is 38.2 Å². The Labute approximate surface area is 166 Å². The van der Waals surface area contributed by atoms with Crippen LogP contribution in [0.4, 0.5) is 5.69 Å². The molecule has 29 heavy (non-hydrogen) atoms. The molecule has 2 N–H and O–H groups in total. The molecule has 0 atom stereocenters. The molecule has 1 saturated heterocycles. The Morgan fingerprint density at radius 1 is 1.03 bits per heavy atom. The molecule has 1 aliphatic heterocycles. The number of hydrogen-bond acceptors (Lipinski definition) is 7. The number of carbonyl (C=O) groups excluding carboxylic acids is 1. The van der Waals surface area contributed by atoms with E-state index in [1.807, 2.05) is 24.3 Å². The van der Waals surface area contributed by atoms with Gasteiger partial charge in [-0.25, -0.2) is 0 Å². The van der Waals surface area contributed by atoms with Crippen LogP contribution in [-0.2, 0) is 4.79 Å². The van der Waals surface area contributed by atoms with E-state index in [4.69, 9.17) is 9.15 Å². The molecule has 150 valence electrons. The molecule has 1 fully saturated rings. The molecule has 2 heterocycles. The van der Waals surface area contributed by atoms with Crippen LogP contribution >= 0.6 is 0 Å². The summed E-state index contributed by atoms with van der Waals surface area (Å²) in [6, 6.07) is 9.87. The second-order valence-electron chi connectivity index (χ2n) is 6.80. The molecule has 1 amide bonds. The van der Waals surface area contributed by atoms with Crippen LogP contribution in [0.3, 0.4) is 0 Å². The molecule has 4 rings (SSSR count). The molecule has 1 aromatic heterocycles. The Morgan fingerprint density at radius 2 is 1.72 bits per heavy atom. The lowest BCUT2D eigenvalue weighted by Crippen LogP contribution is -2.45. The third kappa shape index (κ3) is 3.33. The number of methoxy groups -OCH3 is 1. The van der Waals surface area contributed by atoms with Gasteiger partial charge in [0.2, 0.25) is 12.2 Å². The number of phenolic OH excluding ortho intramolecular Hbond substituents is 2. The van der Waals surface area contributed by atoms with E-state index in [9.17, 15) is 19.8 Å². The number of amides is 1. The minimum atomic E-state index is -0.439. The van der Waals surface area contributed by atoms with Gasteiger partial charge < -0.3 is 29.2 Å². The van der Waals surface area contributed by atoms with E-state index < -0.39 is 5.43 Å². The smallest absolute Gasteiger partial charge is 0.209 e. The van der Waals surface area contributed by atoms with E-state index in [2.05, 4.69) is 4.90 Å². The Morgan fingerprint density at radius 3 is 2.34 bits per heavy atom. The second-order valence-corrected chi connectivity index (χ2v) is 6.80. The summed E-state index contributed by atoms with van der Waals surface area (Å²) in [5, 5.41) is 20.0. The molecule has 0 radical (unpaired) electrons. The first-order valence-corrected chi connectivity index (χ1v) is 9.13. The largest absolute Gasteiger partial charge is 0.507 e. The molecule has 8 nitrogen and oxygen atoms in total. The standard InChI is InChI=1S/C21H20N2O6/c1-28-20-17(27)10-15(25)19-16(26)11-18(29-21(19)20)13-2-4-14(5-3-13)23-8-6-22(12-24)7-9-23/h2-5,10-12,25,27H,6-9H2,1H3. The maximum atomic E-state index is 12.5. The number of ether oxygens (including phenoxy) is 1. The van der Waals surface area contributed by atoms with Crippen molar-refractivity contribution >= 4 is 23.1 Å². The van der Waals surface area contributed by atoms with Gasteiger partial charge in [-0.3, -0.25) is 9.59 Å². The van der Waals surface area contributed by atoms with Crippen LogP contribution in [0.25, 0.3) is 22.3 Å². The maximum Gasteiger partial charge on any atom is 0.209 e. The number of rotatable bonds is 4. The van der Waals surface area contributed by atoms with Crippen LogP contribution in [0.1, 0.15) is 0 Å². The van der Waals surface area contributed by atoms with Gasteiger partial charge in [0.25, 0.3) is 0 Å². The zero-order valence-electron chi connectivity index (χ0n) is 15.8. The maximum absolute atomic E-state index is 12.5. The van der Waals surface area contributed by atoms with Crippen molar-refractivity contribution in [3.05, 3.63) is 46.6 Å². The Hall–Kier alpha value is -3.68. The van der Waals surface area contributed by atoms with Crippen molar-refractivity contribution < 1.29 is 24.2 Å². The minimum Gasteiger partial charge on any atom is -0.507 e. The number of aromatic hydroxyl groups is 2. The Balaban J connectivity index is 1.70. The summed E-state index contributed by atoms with van der Waals surface area (Å²) < 4.78 is 11.0. The summed E-state index contributed by atoms with van der Waals surface area (Å²) in [5.41, 5.74) is 1.23. The van der Waals surface area contributed by atoms with Crippen LogP contribution in [0, 0.1) is 0 Å². The molecular weight excluding hydrogens is 376 g/mol. The van der Waals surface area contributed by atoms with Crippen LogP contribution < -0.4 is 15.1 Å². The lowest BCUT2D eigenvalue weighted by Gasteiger charge is -2.34. The fourth-order valence-corrected chi connectivity index (χ4v) is 3.54. The summed E-state index contributed by atoms with van der Waals surface area (Å²) in [7, 11) is 1.34. The average molecular weight is 396 g/mol. The highest BCUT2D eigenvalue weighted by Gasteiger charge is 2.19. The molecule has 0 unspecified atom stereocenters. The number of nitrogens with zero attached hydrogens (tertiary/aromatic N) is 2. The van der Waals surface area contributed by atoms with E-state index in [0.717, 1.165) is 31.3 Å². The van der Waals surface area contributed by atoms with Crippen molar-refractivity contribution in [3.63, 3.8) is 0 Å². The highest BCUT2D eigenvalue weighted by molar-refractivity contribution is 5.91.